The largest absolute Gasteiger partial charge is 0.481 e. The molecule has 3 saturated carbocycles. The van der Waals surface area contributed by atoms with Crippen LogP contribution in [0.25, 0.3) is 0 Å². The molecule has 6 unspecified atom stereocenters. The van der Waals surface area contributed by atoms with Crippen LogP contribution < -0.4 is 0 Å². The topological polar surface area (TPSA) is 83.8 Å². The molecule has 0 heterocycles. The molecule has 2 N–H and O–H groups in total. The molecule has 0 amide bonds. The Morgan fingerprint density at radius 2 is 2.18 bits per heavy atom. The fraction of sp³-hybridized carbons (Fsp3) is 0.739. The lowest BCUT2D eigenvalue weighted by molar-refractivity contribution is -0.139. The summed E-state index contributed by atoms with van der Waals surface area (Å²) in [4.78, 5) is 22.5. The molecular weight excluding hydrogens is 356 g/mol. The summed E-state index contributed by atoms with van der Waals surface area (Å²) in [5.41, 5.74) is 0.757. The lowest BCUT2D eigenvalue weighted by Crippen LogP contribution is -2.59. The van der Waals surface area contributed by atoms with E-state index in [0.717, 1.165) is 31.3 Å². The fourth-order valence-corrected chi connectivity index (χ4v) is 5.29. The van der Waals surface area contributed by atoms with E-state index in [4.69, 9.17) is 9.84 Å². The van der Waals surface area contributed by atoms with Crippen LogP contribution in [0.5, 0.6) is 0 Å². The number of carboxylic acid groups (broad SMARTS) is 1. The minimum atomic E-state index is -0.794. The van der Waals surface area contributed by atoms with Gasteiger partial charge in [0.1, 0.15) is 5.78 Å². The van der Waals surface area contributed by atoms with Gasteiger partial charge < -0.3 is 14.9 Å². The second-order valence-corrected chi connectivity index (χ2v) is 8.67. The molecule has 154 valence electrons. The van der Waals surface area contributed by atoms with Crippen molar-refractivity contribution in [3.8, 4) is 11.8 Å². The smallest absolute Gasteiger partial charge is 0.303 e. The van der Waals surface area contributed by atoms with E-state index >= 15 is 0 Å². The molecule has 5 nitrogen and oxygen atoms in total. The van der Waals surface area contributed by atoms with E-state index in [1.54, 1.807) is 7.11 Å². The molecule has 0 aromatic carbocycles. The van der Waals surface area contributed by atoms with Gasteiger partial charge in [-0.1, -0.05) is 24.8 Å². The van der Waals surface area contributed by atoms with Crippen LogP contribution in [-0.4, -0.2) is 40.8 Å². The van der Waals surface area contributed by atoms with Crippen LogP contribution in [0.15, 0.2) is 11.6 Å². The van der Waals surface area contributed by atoms with Gasteiger partial charge in [0.15, 0.2) is 0 Å². The summed E-state index contributed by atoms with van der Waals surface area (Å²) >= 11 is 0. The van der Waals surface area contributed by atoms with Crippen LogP contribution in [0.4, 0.5) is 0 Å². The highest BCUT2D eigenvalue weighted by Gasteiger charge is 2.58. The highest BCUT2D eigenvalue weighted by Crippen LogP contribution is 2.56. The summed E-state index contributed by atoms with van der Waals surface area (Å²) in [5, 5.41) is 19.5. The summed E-state index contributed by atoms with van der Waals surface area (Å²) in [7, 11) is 1.70. The zero-order chi connectivity index (χ0) is 20.3. The van der Waals surface area contributed by atoms with Crippen LogP contribution in [0.2, 0.25) is 0 Å². The molecule has 0 radical (unpaired) electrons. The second-order valence-electron chi connectivity index (χ2n) is 8.67. The minimum Gasteiger partial charge on any atom is -0.481 e. The first-order chi connectivity index (χ1) is 13.4. The van der Waals surface area contributed by atoms with Gasteiger partial charge in [0.05, 0.1) is 17.6 Å². The number of ketones is 1. The van der Waals surface area contributed by atoms with Crippen LogP contribution >= 0.6 is 0 Å². The molecule has 3 aliphatic rings. The molecule has 0 saturated heterocycles. The van der Waals surface area contributed by atoms with E-state index in [0.29, 0.717) is 37.4 Å². The van der Waals surface area contributed by atoms with Gasteiger partial charge in [-0.05, 0) is 50.0 Å². The highest BCUT2D eigenvalue weighted by molar-refractivity contribution is 5.79. The Bertz CT molecular complexity index is 700. The number of allylic oxidation sites excluding steroid dienone is 1. The standard InChI is InChI=1S/C23H32O5/c1-15(16-5-3-7-18(24)13-16)9-10-19-20-14-17(6-4-8-22(26)27)23(20,28-2)12-11-21(19)25/h6,15-16,19-21,25H,3-5,7-8,11-14H2,1-2H3,(H,26,27)/b17-6+. The van der Waals surface area contributed by atoms with Crippen LogP contribution in [0.1, 0.15) is 64.7 Å². The van der Waals surface area contributed by atoms with Gasteiger partial charge in [-0.15, -0.1) is 0 Å². The number of Topliss-reactive ketones (excluding diaryl/α,β-unsaturated/α-hetero) is 1. The first-order valence-electron chi connectivity index (χ1n) is 10.5. The number of ether oxygens (including phenoxy) is 1. The molecule has 3 fully saturated rings. The van der Waals surface area contributed by atoms with Gasteiger partial charge in [-0.2, -0.15) is 0 Å². The van der Waals surface area contributed by atoms with Crippen molar-refractivity contribution in [2.75, 3.05) is 7.11 Å². The Labute approximate surface area is 167 Å². The summed E-state index contributed by atoms with van der Waals surface area (Å²) in [6, 6.07) is 0. The van der Waals surface area contributed by atoms with Crippen LogP contribution in [0, 0.1) is 35.5 Å². The third-order valence-corrected chi connectivity index (χ3v) is 7.06. The maximum atomic E-state index is 11.7. The number of methoxy groups -OCH3 is 1. The maximum absolute atomic E-state index is 11.7. The summed E-state index contributed by atoms with van der Waals surface area (Å²) in [5.74, 6) is 6.76. The lowest BCUT2D eigenvalue weighted by atomic mass is 9.53. The third-order valence-electron chi connectivity index (χ3n) is 7.06. The average molecular weight is 389 g/mol. The molecule has 0 aliphatic heterocycles. The van der Waals surface area contributed by atoms with Crippen LogP contribution in [0.3, 0.4) is 0 Å². The third kappa shape index (κ3) is 4.18. The minimum absolute atomic E-state index is 0.122. The lowest BCUT2D eigenvalue weighted by Gasteiger charge is -2.57. The van der Waals surface area contributed by atoms with Gasteiger partial charge >= 0.3 is 5.97 Å². The maximum Gasteiger partial charge on any atom is 0.303 e. The predicted octanol–water partition coefficient (Wildman–Crippen LogP) is 3.35. The quantitative estimate of drug-likeness (QED) is 0.557. The van der Waals surface area contributed by atoms with Crippen molar-refractivity contribution in [3.63, 3.8) is 0 Å². The zero-order valence-electron chi connectivity index (χ0n) is 16.9. The number of aliphatic hydroxyl groups is 1. The number of carboxylic acids is 1. The molecule has 0 aromatic heterocycles. The fourth-order valence-electron chi connectivity index (χ4n) is 5.29. The van der Waals surface area contributed by atoms with Gasteiger partial charge in [-0.25, -0.2) is 0 Å². The monoisotopic (exact) mass is 388 g/mol. The molecule has 28 heavy (non-hydrogen) atoms. The summed E-state index contributed by atoms with van der Waals surface area (Å²) in [6.45, 7) is 2.09. The Hall–Kier alpha value is -1.64. The number of fused-ring (bicyclic) bond motifs is 1. The van der Waals surface area contributed by atoms with E-state index in [9.17, 15) is 14.7 Å². The van der Waals surface area contributed by atoms with Crippen molar-refractivity contribution in [3.05, 3.63) is 11.6 Å². The van der Waals surface area contributed by atoms with Gasteiger partial charge in [0.2, 0.25) is 0 Å². The van der Waals surface area contributed by atoms with Crippen molar-refractivity contribution < 1.29 is 24.5 Å². The van der Waals surface area contributed by atoms with Crippen molar-refractivity contribution in [2.24, 2.45) is 23.7 Å². The van der Waals surface area contributed by atoms with Crippen LogP contribution in [-0.2, 0) is 14.3 Å². The number of aliphatic carboxylic acids is 1. The summed E-state index contributed by atoms with van der Waals surface area (Å²) < 4.78 is 5.92. The summed E-state index contributed by atoms with van der Waals surface area (Å²) in [6.07, 6.45) is 7.71. The average Bonchev–Trinajstić information content (AvgIpc) is 2.65. The number of rotatable bonds is 5. The Morgan fingerprint density at radius 3 is 2.86 bits per heavy atom. The number of aliphatic hydroxyl groups excluding tert-OH is 1. The molecule has 6 atom stereocenters. The van der Waals surface area contributed by atoms with Gasteiger partial charge in [0.25, 0.3) is 0 Å². The molecule has 3 rings (SSSR count). The number of hydrogen-bond donors (Lipinski definition) is 2. The van der Waals surface area contributed by atoms with Gasteiger partial charge in [-0.3, -0.25) is 9.59 Å². The van der Waals surface area contributed by atoms with E-state index in [1.165, 1.54) is 0 Å². The van der Waals surface area contributed by atoms with E-state index in [-0.39, 0.29) is 24.2 Å². The number of carbonyl (C=O) groups is 2. The van der Waals surface area contributed by atoms with Crippen molar-refractivity contribution in [1.29, 1.82) is 0 Å². The van der Waals surface area contributed by atoms with Crippen molar-refractivity contribution in [2.45, 2.75) is 76.4 Å². The Morgan fingerprint density at radius 1 is 1.39 bits per heavy atom. The molecule has 3 aliphatic carbocycles. The SMILES string of the molecule is COC12CCC(O)C(C#CC(C)C3CCCC(=O)C3)C1C/C2=C\CCC(=O)O. The van der Waals surface area contributed by atoms with Gasteiger partial charge in [0, 0.05) is 38.2 Å². The normalized spacial score (nSPS) is 37.4. The highest BCUT2D eigenvalue weighted by atomic mass is 16.5. The van der Waals surface area contributed by atoms with Crippen molar-refractivity contribution >= 4 is 11.8 Å². The van der Waals surface area contributed by atoms with E-state index < -0.39 is 17.7 Å². The van der Waals surface area contributed by atoms with Crippen molar-refractivity contribution in [1.82, 2.24) is 0 Å². The van der Waals surface area contributed by atoms with E-state index in [1.807, 2.05) is 6.08 Å². The Kier molecular flexibility index (Phi) is 6.62. The zero-order valence-corrected chi connectivity index (χ0v) is 16.9. The Balaban J connectivity index is 1.70. The molecule has 0 bridgehead atoms. The molecule has 0 aromatic rings. The predicted molar refractivity (Wildman–Crippen MR) is 105 cm³/mol. The van der Waals surface area contributed by atoms with E-state index in [2.05, 4.69) is 18.8 Å². The second kappa shape index (κ2) is 8.80. The number of carbonyl (C=O) groups excluding carboxylic acids is 1. The first-order valence-corrected chi connectivity index (χ1v) is 10.5. The number of hydrogen-bond acceptors (Lipinski definition) is 4. The molecule has 0 spiro atoms. The molecule has 5 heteroatoms. The first kappa shape index (κ1) is 21.1. The molecular formula is C23H32O5.